The summed E-state index contributed by atoms with van der Waals surface area (Å²) in [5.74, 6) is 1.54. The van der Waals surface area contributed by atoms with E-state index in [0.29, 0.717) is 22.8 Å². The second-order valence-corrected chi connectivity index (χ2v) is 3.54. The number of furan rings is 2. The quantitative estimate of drug-likeness (QED) is 0.651. The van der Waals surface area contributed by atoms with E-state index >= 15 is 0 Å². The molecule has 1 amide bonds. The van der Waals surface area contributed by atoms with Crippen molar-refractivity contribution in [1.29, 1.82) is 0 Å². The summed E-state index contributed by atoms with van der Waals surface area (Å²) in [4.78, 5) is 11.7. The van der Waals surface area contributed by atoms with Crippen molar-refractivity contribution in [2.24, 2.45) is 5.10 Å². The summed E-state index contributed by atoms with van der Waals surface area (Å²) in [6.07, 6.45) is 2.97. The van der Waals surface area contributed by atoms with Crippen molar-refractivity contribution in [2.45, 2.75) is 13.8 Å². The Kier molecular flexibility index (Phi) is 3.09. The largest absolute Gasteiger partial charge is 0.466 e. The molecule has 17 heavy (non-hydrogen) atoms. The number of hydrogen-bond donors (Lipinski definition) is 1. The maximum atomic E-state index is 11.7. The number of aryl methyl sites for hydroxylation is 2. The molecule has 0 aliphatic heterocycles. The topological polar surface area (TPSA) is 67.7 Å². The van der Waals surface area contributed by atoms with Crippen LogP contribution in [0, 0.1) is 13.8 Å². The summed E-state index contributed by atoms with van der Waals surface area (Å²) >= 11 is 0. The van der Waals surface area contributed by atoms with Gasteiger partial charge in [0.2, 0.25) is 0 Å². The van der Waals surface area contributed by atoms with Gasteiger partial charge in [-0.1, -0.05) is 0 Å². The van der Waals surface area contributed by atoms with Gasteiger partial charge in [0.1, 0.15) is 17.3 Å². The zero-order valence-electron chi connectivity index (χ0n) is 9.56. The third-order valence-electron chi connectivity index (χ3n) is 2.19. The predicted molar refractivity (Wildman–Crippen MR) is 62.0 cm³/mol. The van der Waals surface area contributed by atoms with Crippen LogP contribution in [-0.4, -0.2) is 12.1 Å². The standard InChI is InChI=1S/C12H12N2O3/c1-8-6-11(9(2)17-8)12(15)14-13-7-10-4-3-5-16-10/h3-7H,1-2H3,(H,14,15)/b13-7-. The molecule has 0 aromatic carbocycles. The number of nitrogens with one attached hydrogen (secondary N) is 1. The summed E-state index contributed by atoms with van der Waals surface area (Å²) < 4.78 is 10.3. The summed E-state index contributed by atoms with van der Waals surface area (Å²) in [5, 5.41) is 3.78. The van der Waals surface area contributed by atoms with Crippen molar-refractivity contribution in [3.05, 3.63) is 47.3 Å². The molecule has 0 atom stereocenters. The van der Waals surface area contributed by atoms with Crippen molar-refractivity contribution in [3.63, 3.8) is 0 Å². The molecule has 5 heteroatoms. The van der Waals surface area contributed by atoms with Gasteiger partial charge in [-0.05, 0) is 32.0 Å². The van der Waals surface area contributed by atoms with Crippen LogP contribution in [0.1, 0.15) is 27.6 Å². The van der Waals surface area contributed by atoms with E-state index in [1.165, 1.54) is 12.5 Å². The maximum absolute atomic E-state index is 11.7. The molecule has 5 nitrogen and oxygen atoms in total. The molecule has 1 N–H and O–H groups in total. The van der Waals surface area contributed by atoms with Crippen molar-refractivity contribution < 1.29 is 13.6 Å². The van der Waals surface area contributed by atoms with E-state index in [0.717, 1.165) is 0 Å². The van der Waals surface area contributed by atoms with Gasteiger partial charge < -0.3 is 8.83 Å². The molecule has 0 saturated carbocycles. The summed E-state index contributed by atoms with van der Waals surface area (Å²) in [5.41, 5.74) is 2.89. The highest BCUT2D eigenvalue weighted by atomic mass is 16.3. The lowest BCUT2D eigenvalue weighted by Crippen LogP contribution is -2.17. The lowest BCUT2D eigenvalue weighted by Gasteiger charge is -1.95. The Morgan fingerprint density at radius 3 is 2.88 bits per heavy atom. The van der Waals surface area contributed by atoms with E-state index in [9.17, 15) is 4.79 Å². The Morgan fingerprint density at radius 2 is 2.29 bits per heavy atom. The molecule has 0 fully saturated rings. The first-order valence-electron chi connectivity index (χ1n) is 5.11. The van der Waals surface area contributed by atoms with E-state index < -0.39 is 0 Å². The number of carbonyl (C=O) groups is 1. The van der Waals surface area contributed by atoms with Gasteiger partial charge in [0.25, 0.3) is 5.91 Å². The minimum atomic E-state index is -0.304. The molecule has 2 rings (SSSR count). The highest BCUT2D eigenvalue weighted by molar-refractivity contribution is 5.95. The number of amides is 1. The molecule has 0 spiro atoms. The first-order chi connectivity index (χ1) is 8.16. The van der Waals surface area contributed by atoms with Crippen LogP contribution in [0.5, 0.6) is 0 Å². The highest BCUT2D eigenvalue weighted by Crippen LogP contribution is 2.13. The molecule has 88 valence electrons. The fourth-order valence-electron chi connectivity index (χ4n) is 1.44. The van der Waals surface area contributed by atoms with Gasteiger partial charge in [0, 0.05) is 0 Å². The van der Waals surface area contributed by atoms with E-state index in [-0.39, 0.29) is 5.91 Å². The zero-order chi connectivity index (χ0) is 12.3. The van der Waals surface area contributed by atoms with E-state index in [1.54, 1.807) is 32.0 Å². The fourth-order valence-corrected chi connectivity index (χ4v) is 1.44. The van der Waals surface area contributed by atoms with Crippen LogP contribution < -0.4 is 5.43 Å². The minimum absolute atomic E-state index is 0.304. The Morgan fingerprint density at radius 1 is 1.47 bits per heavy atom. The second-order valence-electron chi connectivity index (χ2n) is 3.54. The number of hydrazone groups is 1. The monoisotopic (exact) mass is 232 g/mol. The molecule has 0 aliphatic carbocycles. The Balaban J connectivity index is 2.00. The van der Waals surface area contributed by atoms with Gasteiger partial charge >= 0.3 is 0 Å². The SMILES string of the molecule is Cc1cc(C(=O)N/N=C\c2ccco2)c(C)o1. The average Bonchev–Trinajstić information content (AvgIpc) is 2.88. The van der Waals surface area contributed by atoms with Gasteiger partial charge in [-0.15, -0.1) is 0 Å². The van der Waals surface area contributed by atoms with Crippen LogP contribution in [0.15, 0.2) is 38.4 Å². The average molecular weight is 232 g/mol. The summed E-state index contributed by atoms with van der Waals surface area (Å²) in [7, 11) is 0. The summed E-state index contributed by atoms with van der Waals surface area (Å²) in [6, 6.07) is 5.16. The van der Waals surface area contributed by atoms with Gasteiger partial charge in [-0.2, -0.15) is 5.10 Å². The molecule has 0 unspecified atom stereocenters. The third-order valence-corrected chi connectivity index (χ3v) is 2.19. The van der Waals surface area contributed by atoms with Gasteiger partial charge in [-0.25, -0.2) is 5.43 Å². The first kappa shape index (κ1) is 11.2. The molecule has 0 saturated heterocycles. The Labute approximate surface area is 98.1 Å². The van der Waals surface area contributed by atoms with E-state index in [1.807, 2.05) is 0 Å². The predicted octanol–water partition coefficient (Wildman–Crippen LogP) is 2.25. The van der Waals surface area contributed by atoms with Crippen molar-refractivity contribution >= 4 is 12.1 Å². The normalized spacial score (nSPS) is 10.9. The van der Waals surface area contributed by atoms with Crippen LogP contribution in [0.3, 0.4) is 0 Å². The van der Waals surface area contributed by atoms with Gasteiger partial charge in [-0.3, -0.25) is 4.79 Å². The van der Waals surface area contributed by atoms with Crippen LogP contribution in [0.25, 0.3) is 0 Å². The number of hydrogen-bond acceptors (Lipinski definition) is 4. The molecule has 0 aliphatic rings. The maximum Gasteiger partial charge on any atom is 0.274 e. The zero-order valence-corrected chi connectivity index (χ0v) is 9.56. The molecule has 2 aromatic heterocycles. The lowest BCUT2D eigenvalue weighted by molar-refractivity contribution is 0.0953. The van der Waals surface area contributed by atoms with Crippen LogP contribution in [0.2, 0.25) is 0 Å². The van der Waals surface area contributed by atoms with E-state index in [2.05, 4.69) is 10.5 Å². The van der Waals surface area contributed by atoms with Crippen molar-refractivity contribution in [1.82, 2.24) is 5.43 Å². The molecule has 2 heterocycles. The molecular formula is C12H12N2O3. The van der Waals surface area contributed by atoms with Crippen LogP contribution in [-0.2, 0) is 0 Å². The smallest absolute Gasteiger partial charge is 0.274 e. The Hall–Kier alpha value is -2.30. The molecular weight excluding hydrogens is 220 g/mol. The Bertz CT molecular complexity index is 538. The highest BCUT2D eigenvalue weighted by Gasteiger charge is 2.12. The van der Waals surface area contributed by atoms with Gasteiger partial charge in [0.05, 0.1) is 18.0 Å². The molecule has 0 bridgehead atoms. The minimum Gasteiger partial charge on any atom is -0.466 e. The van der Waals surface area contributed by atoms with E-state index in [4.69, 9.17) is 8.83 Å². The van der Waals surface area contributed by atoms with Crippen molar-refractivity contribution in [2.75, 3.05) is 0 Å². The second kappa shape index (κ2) is 4.69. The number of carbonyl (C=O) groups excluding carboxylic acids is 1. The molecule has 2 aromatic rings. The van der Waals surface area contributed by atoms with Crippen LogP contribution in [0.4, 0.5) is 0 Å². The first-order valence-corrected chi connectivity index (χ1v) is 5.11. The molecule has 0 radical (unpaired) electrons. The van der Waals surface area contributed by atoms with Crippen molar-refractivity contribution in [3.8, 4) is 0 Å². The summed E-state index contributed by atoms with van der Waals surface area (Å²) in [6.45, 7) is 3.52. The van der Waals surface area contributed by atoms with Gasteiger partial charge in [0.15, 0.2) is 0 Å². The number of nitrogens with zero attached hydrogens (tertiary/aromatic N) is 1. The fraction of sp³-hybridized carbons (Fsp3) is 0.167. The lowest BCUT2D eigenvalue weighted by atomic mass is 10.2. The third kappa shape index (κ3) is 2.63. The number of rotatable bonds is 3. The van der Waals surface area contributed by atoms with Crippen LogP contribution >= 0.6 is 0 Å².